The summed E-state index contributed by atoms with van der Waals surface area (Å²) in [7, 11) is 0. The number of aromatic nitrogens is 3. The van der Waals surface area contributed by atoms with E-state index in [1.165, 1.54) is 16.6 Å². The van der Waals surface area contributed by atoms with E-state index in [9.17, 15) is 4.79 Å². The molecule has 0 aliphatic rings. The van der Waals surface area contributed by atoms with Crippen LogP contribution in [0.15, 0.2) is 40.9 Å². The molecule has 0 aliphatic heterocycles. The van der Waals surface area contributed by atoms with Gasteiger partial charge in [-0.25, -0.2) is 4.98 Å². The van der Waals surface area contributed by atoms with Crippen molar-refractivity contribution in [3.63, 3.8) is 0 Å². The number of nitrogens with zero attached hydrogens (tertiary/aromatic N) is 2. The molecule has 0 fully saturated rings. The van der Waals surface area contributed by atoms with E-state index in [0.29, 0.717) is 10.2 Å². The number of aromatic amines is 1. The Morgan fingerprint density at radius 2 is 2.29 bits per heavy atom. The van der Waals surface area contributed by atoms with Gasteiger partial charge in [-0.2, -0.15) is 0 Å². The lowest BCUT2D eigenvalue weighted by molar-refractivity contribution is -0.113. The van der Waals surface area contributed by atoms with Crippen molar-refractivity contribution in [2.24, 2.45) is 0 Å². The van der Waals surface area contributed by atoms with Crippen LogP contribution in [-0.2, 0) is 11.2 Å². The summed E-state index contributed by atoms with van der Waals surface area (Å²) in [4.78, 5) is 17.7. The molecule has 0 bridgehead atoms. The first-order chi connectivity index (χ1) is 11.6. The minimum Gasteiger partial charge on any atom is -0.325 e. The topological polar surface area (TPSA) is 70.7 Å². The minimum absolute atomic E-state index is 0.102. The first-order valence-electron chi connectivity index (χ1n) is 7.22. The van der Waals surface area contributed by atoms with Gasteiger partial charge in [0.1, 0.15) is 5.82 Å². The number of hydrogen-bond donors (Lipinski definition) is 2. The van der Waals surface area contributed by atoms with E-state index in [0.717, 1.165) is 23.5 Å². The van der Waals surface area contributed by atoms with E-state index in [4.69, 9.17) is 11.6 Å². The van der Waals surface area contributed by atoms with Crippen LogP contribution in [-0.4, -0.2) is 26.8 Å². The first kappa shape index (κ1) is 17.0. The summed E-state index contributed by atoms with van der Waals surface area (Å²) >= 11 is 8.89. The van der Waals surface area contributed by atoms with Gasteiger partial charge in [-0.1, -0.05) is 29.4 Å². The fourth-order valence-corrected chi connectivity index (χ4v) is 3.64. The fraction of sp³-hybridized carbons (Fsp3) is 0.188. The standard InChI is InChI=1S/C16H15ClN4OS2/c1-10-7-11(17)4-5-13(10)18-15(22)9-24-16-19-14(20-21-16)8-12-3-2-6-23-12/h2-7H,8-9H2,1H3,(H,18,22)(H,19,20,21). The van der Waals surface area contributed by atoms with E-state index in [1.54, 1.807) is 23.5 Å². The highest BCUT2D eigenvalue weighted by Crippen LogP contribution is 2.21. The number of rotatable bonds is 6. The van der Waals surface area contributed by atoms with Crippen molar-refractivity contribution in [3.8, 4) is 0 Å². The first-order valence-corrected chi connectivity index (χ1v) is 9.47. The van der Waals surface area contributed by atoms with Gasteiger partial charge in [-0.3, -0.25) is 9.89 Å². The van der Waals surface area contributed by atoms with Crippen LogP contribution in [0.4, 0.5) is 5.69 Å². The maximum absolute atomic E-state index is 12.1. The Bertz CT molecular complexity index is 832. The second-order valence-electron chi connectivity index (χ2n) is 5.12. The number of benzene rings is 1. The molecule has 0 spiro atoms. The molecular formula is C16H15ClN4OS2. The summed E-state index contributed by atoms with van der Waals surface area (Å²) in [5, 5.41) is 13.2. The second kappa shape index (κ2) is 7.83. The largest absolute Gasteiger partial charge is 0.325 e. The van der Waals surface area contributed by atoms with Gasteiger partial charge in [0, 0.05) is 22.0 Å². The maximum atomic E-state index is 12.1. The van der Waals surface area contributed by atoms with Gasteiger partial charge in [0.15, 0.2) is 0 Å². The zero-order valence-corrected chi connectivity index (χ0v) is 15.3. The average molecular weight is 379 g/mol. The summed E-state index contributed by atoms with van der Waals surface area (Å²) in [6, 6.07) is 9.43. The number of thioether (sulfide) groups is 1. The Morgan fingerprint density at radius 1 is 1.42 bits per heavy atom. The predicted molar refractivity (Wildman–Crippen MR) is 99.1 cm³/mol. The van der Waals surface area contributed by atoms with Crippen LogP contribution in [0.3, 0.4) is 0 Å². The molecule has 1 amide bonds. The normalized spacial score (nSPS) is 10.8. The van der Waals surface area contributed by atoms with Crippen molar-refractivity contribution in [3.05, 3.63) is 57.0 Å². The Kier molecular flexibility index (Phi) is 5.55. The van der Waals surface area contributed by atoms with Gasteiger partial charge in [0.2, 0.25) is 11.1 Å². The monoisotopic (exact) mass is 378 g/mol. The van der Waals surface area contributed by atoms with Crippen LogP contribution < -0.4 is 5.32 Å². The van der Waals surface area contributed by atoms with Crippen molar-refractivity contribution in [2.75, 3.05) is 11.1 Å². The molecule has 2 N–H and O–H groups in total. The van der Waals surface area contributed by atoms with Gasteiger partial charge >= 0.3 is 0 Å². The molecule has 3 aromatic rings. The van der Waals surface area contributed by atoms with Gasteiger partial charge in [0.25, 0.3) is 0 Å². The molecule has 24 heavy (non-hydrogen) atoms. The van der Waals surface area contributed by atoms with Crippen molar-refractivity contribution in [1.29, 1.82) is 0 Å². The molecule has 0 radical (unpaired) electrons. The summed E-state index contributed by atoms with van der Waals surface area (Å²) in [5.74, 6) is 0.946. The van der Waals surface area contributed by atoms with Crippen LogP contribution in [0, 0.1) is 6.92 Å². The highest BCUT2D eigenvalue weighted by molar-refractivity contribution is 7.99. The quantitative estimate of drug-likeness (QED) is 0.632. The smallest absolute Gasteiger partial charge is 0.234 e. The fourth-order valence-electron chi connectivity index (χ4n) is 2.08. The van der Waals surface area contributed by atoms with Crippen LogP contribution in [0.25, 0.3) is 0 Å². The van der Waals surface area contributed by atoms with Crippen molar-refractivity contribution >= 4 is 46.3 Å². The summed E-state index contributed by atoms with van der Waals surface area (Å²) in [5.41, 5.74) is 1.69. The summed E-state index contributed by atoms with van der Waals surface area (Å²) in [6.07, 6.45) is 0.724. The van der Waals surface area contributed by atoms with E-state index in [-0.39, 0.29) is 11.7 Å². The van der Waals surface area contributed by atoms with Crippen LogP contribution in [0.2, 0.25) is 5.02 Å². The molecule has 0 saturated carbocycles. The minimum atomic E-state index is -0.102. The number of hydrogen-bond acceptors (Lipinski definition) is 5. The SMILES string of the molecule is Cc1cc(Cl)ccc1NC(=O)CSc1n[nH]c(Cc2cccs2)n1. The van der Waals surface area contributed by atoms with Crippen molar-refractivity contribution < 1.29 is 4.79 Å². The molecule has 124 valence electrons. The number of halogens is 1. The lowest BCUT2D eigenvalue weighted by atomic mass is 10.2. The molecule has 0 saturated heterocycles. The number of aryl methyl sites for hydroxylation is 1. The summed E-state index contributed by atoms with van der Waals surface area (Å²) < 4.78 is 0. The molecule has 0 atom stereocenters. The lowest BCUT2D eigenvalue weighted by Crippen LogP contribution is -2.14. The van der Waals surface area contributed by atoms with Crippen molar-refractivity contribution in [1.82, 2.24) is 15.2 Å². The van der Waals surface area contributed by atoms with E-state index in [1.807, 2.05) is 24.4 Å². The number of thiophene rings is 1. The third kappa shape index (κ3) is 4.59. The molecule has 5 nitrogen and oxygen atoms in total. The maximum Gasteiger partial charge on any atom is 0.234 e. The van der Waals surface area contributed by atoms with Crippen molar-refractivity contribution in [2.45, 2.75) is 18.5 Å². The Balaban J connectivity index is 1.52. The highest BCUT2D eigenvalue weighted by Gasteiger charge is 2.10. The Labute approximate surface area is 152 Å². The molecule has 2 heterocycles. The van der Waals surface area contributed by atoms with E-state index < -0.39 is 0 Å². The average Bonchev–Trinajstić information content (AvgIpc) is 3.20. The van der Waals surface area contributed by atoms with E-state index in [2.05, 4.69) is 26.6 Å². The molecule has 8 heteroatoms. The molecular weight excluding hydrogens is 364 g/mol. The lowest BCUT2D eigenvalue weighted by Gasteiger charge is -2.07. The molecule has 0 aliphatic carbocycles. The van der Waals surface area contributed by atoms with Gasteiger partial charge in [-0.15, -0.1) is 16.4 Å². The number of carbonyl (C=O) groups excluding carboxylic acids is 1. The van der Waals surface area contributed by atoms with Crippen LogP contribution in [0.5, 0.6) is 0 Å². The summed E-state index contributed by atoms with van der Waals surface area (Å²) in [6.45, 7) is 1.90. The number of amides is 1. The molecule has 1 aromatic carbocycles. The second-order valence-corrected chi connectivity index (χ2v) is 7.53. The number of carbonyl (C=O) groups is 1. The number of nitrogens with one attached hydrogen (secondary N) is 2. The zero-order valence-electron chi connectivity index (χ0n) is 12.9. The van der Waals surface area contributed by atoms with Gasteiger partial charge < -0.3 is 5.32 Å². The number of H-pyrrole nitrogens is 1. The van der Waals surface area contributed by atoms with Gasteiger partial charge in [-0.05, 0) is 42.1 Å². The third-order valence-corrected chi connectivity index (χ3v) is 5.19. The predicted octanol–water partition coefficient (Wildman–Crippen LogP) is 4.15. The van der Waals surface area contributed by atoms with Crippen LogP contribution in [0.1, 0.15) is 16.3 Å². The Morgan fingerprint density at radius 3 is 3.04 bits per heavy atom. The molecule has 0 unspecified atom stereocenters. The van der Waals surface area contributed by atoms with Crippen LogP contribution >= 0.6 is 34.7 Å². The zero-order chi connectivity index (χ0) is 16.9. The molecule has 2 aromatic heterocycles. The third-order valence-electron chi connectivity index (χ3n) is 3.23. The van der Waals surface area contributed by atoms with E-state index >= 15 is 0 Å². The van der Waals surface area contributed by atoms with Gasteiger partial charge in [0.05, 0.1) is 5.75 Å². The highest BCUT2D eigenvalue weighted by atomic mass is 35.5. The Hall–Kier alpha value is -1.83. The number of anilines is 1. The molecule has 3 rings (SSSR count).